The standard InChI is InChI=1S/C17H20N2O3S/c1-4-14-11(2)9-15(23-14)17(21)19-18-16(20)13-7-5-12(6-8-13)10-22-3/h5-9H,4,10H2,1-3H3,(H,18,20)(H,19,21). The van der Waals surface area contributed by atoms with Gasteiger partial charge in [0.25, 0.3) is 11.8 Å². The molecule has 1 aromatic heterocycles. The first kappa shape index (κ1) is 17.2. The minimum Gasteiger partial charge on any atom is -0.380 e. The molecule has 1 heterocycles. The highest BCUT2D eigenvalue weighted by atomic mass is 32.1. The van der Waals surface area contributed by atoms with E-state index in [1.54, 1.807) is 19.2 Å². The van der Waals surface area contributed by atoms with Crippen molar-refractivity contribution in [1.82, 2.24) is 10.9 Å². The van der Waals surface area contributed by atoms with Crippen molar-refractivity contribution in [2.45, 2.75) is 26.9 Å². The third-order valence-corrected chi connectivity index (χ3v) is 4.76. The van der Waals surface area contributed by atoms with Crippen molar-refractivity contribution < 1.29 is 14.3 Å². The summed E-state index contributed by atoms with van der Waals surface area (Å²) >= 11 is 1.45. The smallest absolute Gasteiger partial charge is 0.279 e. The summed E-state index contributed by atoms with van der Waals surface area (Å²) in [6.07, 6.45) is 0.893. The summed E-state index contributed by atoms with van der Waals surface area (Å²) in [6.45, 7) is 4.53. The second-order valence-electron chi connectivity index (χ2n) is 5.11. The summed E-state index contributed by atoms with van der Waals surface area (Å²) in [5.41, 5.74) is 7.44. The number of methoxy groups -OCH3 is 1. The molecule has 122 valence electrons. The fourth-order valence-corrected chi connectivity index (χ4v) is 3.16. The van der Waals surface area contributed by atoms with Gasteiger partial charge in [0.05, 0.1) is 11.5 Å². The zero-order valence-corrected chi connectivity index (χ0v) is 14.3. The van der Waals surface area contributed by atoms with Crippen LogP contribution in [0.25, 0.3) is 0 Å². The molecule has 23 heavy (non-hydrogen) atoms. The third-order valence-electron chi connectivity index (χ3n) is 3.38. The number of aryl methyl sites for hydroxylation is 2. The van der Waals surface area contributed by atoms with Gasteiger partial charge < -0.3 is 4.74 Å². The van der Waals surface area contributed by atoms with E-state index in [1.165, 1.54) is 16.2 Å². The van der Waals surface area contributed by atoms with Crippen LogP contribution >= 0.6 is 11.3 Å². The van der Waals surface area contributed by atoms with Gasteiger partial charge in [-0.25, -0.2) is 0 Å². The van der Waals surface area contributed by atoms with Gasteiger partial charge in [-0.2, -0.15) is 0 Å². The number of nitrogens with one attached hydrogen (secondary N) is 2. The van der Waals surface area contributed by atoms with Crippen LogP contribution in [0.3, 0.4) is 0 Å². The van der Waals surface area contributed by atoms with E-state index in [0.29, 0.717) is 17.0 Å². The Labute approximate surface area is 139 Å². The lowest BCUT2D eigenvalue weighted by molar-refractivity contribution is 0.0849. The van der Waals surface area contributed by atoms with Gasteiger partial charge in [-0.1, -0.05) is 19.1 Å². The molecule has 0 radical (unpaired) electrons. The fraction of sp³-hybridized carbons (Fsp3) is 0.294. The Balaban J connectivity index is 1.93. The zero-order chi connectivity index (χ0) is 16.8. The van der Waals surface area contributed by atoms with Crippen LogP contribution in [0.1, 0.15) is 43.0 Å². The van der Waals surface area contributed by atoms with Gasteiger partial charge in [-0.15, -0.1) is 11.3 Å². The largest absolute Gasteiger partial charge is 0.380 e. The van der Waals surface area contributed by atoms with Gasteiger partial charge in [-0.3, -0.25) is 20.4 Å². The quantitative estimate of drug-likeness (QED) is 0.827. The summed E-state index contributed by atoms with van der Waals surface area (Å²) in [5, 5.41) is 0. The van der Waals surface area contributed by atoms with Gasteiger partial charge in [0.1, 0.15) is 0 Å². The lowest BCUT2D eigenvalue weighted by Gasteiger charge is -2.07. The average Bonchev–Trinajstić information content (AvgIpc) is 2.94. The number of hydrazine groups is 1. The molecule has 1 aromatic carbocycles. The van der Waals surface area contributed by atoms with Crippen molar-refractivity contribution in [3.05, 3.63) is 56.8 Å². The fourth-order valence-electron chi connectivity index (χ4n) is 2.15. The van der Waals surface area contributed by atoms with Crippen LogP contribution < -0.4 is 10.9 Å². The van der Waals surface area contributed by atoms with Crippen molar-refractivity contribution in [2.75, 3.05) is 7.11 Å². The van der Waals surface area contributed by atoms with Crippen LogP contribution in [0.5, 0.6) is 0 Å². The van der Waals surface area contributed by atoms with Crippen LogP contribution in [0.4, 0.5) is 0 Å². The maximum absolute atomic E-state index is 12.1. The lowest BCUT2D eigenvalue weighted by atomic mass is 10.1. The zero-order valence-electron chi connectivity index (χ0n) is 13.4. The molecule has 2 N–H and O–H groups in total. The van der Waals surface area contributed by atoms with E-state index >= 15 is 0 Å². The summed E-state index contributed by atoms with van der Waals surface area (Å²) in [5.74, 6) is -0.659. The van der Waals surface area contributed by atoms with Crippen molar-refractivity contribution >= 4 is 23.2 Å². The number of thiophene rings is 1. The molecule has 0 spiro atoms. The van der Waals surface area contributed by atoms with Gasteiger partial charge in [0, 0.05) is 17.6 Å². The Morgan fingerprint density at radius 3 is 2.35 bits per heavy atom. The van der Waals surface area contributed by atoms with E-state index in [-0.39, 0.29) is 11.8 Å². The Hall–Kier alpha value is -2.18. The van der Waals surface area contributed by atoms with Gasteiger partial charge in [0.2, 0.25) is 0 Å². The molecule has 0 aliphatic carbocycles. The summed E-state index contributed by atoms with van der Waals surface area (Å²) in [4.78, 5) is 25.9. The van der Waals surface area contributed by atoms with Gasteiger partial charge in [0.15, 0.2) is 0 Å². The predicted octanol–water partition coefficient (Wildman–Crippen LogP) is 2.84. The number of benzene rings is 1. The molecule has 0 saturated heterocycles. The van der Waals surface area contributed by atoms with Crippen LogP contribution in [0, 0.1) is 6.92 Å². The molecule has 2 amide bonds. The minimum atomic E-state index is -0.355. The normalized spacial score (nSPS) is 10.4. The Bertz CT molecular complexity index is 692. The topological polar surface area (TPSA) is 67.4 Å². The maximum Gasteiger partial charge on any atom is 0.279 e. The second-order valence-corrected chi connectivity index (χ2v) is 6.25. The molecule has 0 fully saturated rings. The molecular weight excluding hydrogens is 312 g/mol. The monoisotopic (exact) mass is 332 g/mol. The van der Waals surface area contributed by atoms with Crippen LogP contribution in [0.15, 0.2) is 30.3 Å². The number of hydrogen-bond acceptors (Lipinski definition) is 4. The van der Waals surface area contributed by atoms with E-state index in [0.717, 1.165) is 17.5 Å². The summed E-state index contributed by atoms with van der Waals surface area (Å²) < 4.78 is 5.02. The average molecular weight is 332 g/mol. The van der Waals surface area contributed by atoms with Crippen molar-refractivity contribution in [1.29, 1.82) is 0 Å². The summed E-state index contributed by atoms with van der Waals surface area (Å²) in [7, 11) is 1.62. The highest BCUT2D eigenvalue weighted by molar-refractivity contribution is 7.14. The SMILES string of the molecule is CCc1sc(C(=O)NNC(=O)c2ccc(COC)cc2)cc1C. The highest BCUT2D eigenvalue weighted by Gasteiger charge is 2.13. The van der Waals surface area contributed by atoms with Crippen molar-refractivity contribution in [3.63, 3.8) is 0 Å². The predicted molar refractivity (Wildman–Crippen MR) is 90.5 cm³/mol. The molecule has 5 nitrogen and oxygen atoms in total. The first-order valence-corrected chi connectivity index (χ1v) is 8.14. The first-order valence-electron chi connectivity index (χ1n) is 7.33. The van der Waals surface area contributed by atoms with E-state index in [2.05, 4.69) is 17.8 Å². The molecule has 0 aliphatic rings. The molecule has 0 bridgehead atoms. The number of carbonyl (C=O) groups excluding carboxylic acids is 2. The molecule has 0 aliphatic heterocycles. The van der Waals surface area contributed by atoms with E-state index in [9.17, 15) is 9.59 Å². The number of hydrogen-bond donors (Lipinski definition) is 2. The van der Waals surface area contributed by atoms with Crippen LogP contribution in [0.2, 0.25) is 0 Å². The van der Waals surface area contributed by atoms with E-state index in [1.807, 2.05) is 25.1 Å². The van der Waals surface area contributed by atoms with E-state index < -0.39 is 0 Å². The Morgan fingerprint density at radius 1 is 1.13 bits per heavy atom. The molecule has 0 saturated carbocycles. The number of ether oxygens (including phenoxy) is 1. The number of amides is 2. The number of rotatable bonds is 5. The first-order chi connectivity index (χ1) is 11.0. The Morgan fingerprint density at radius 2 is 1.78 bits per heavy atom. The van der Waals surface area contributed by atoms with Crippen molar-refractivity contribution in [2.24, 2.45) is 0 Å². The lowest BCUT2D eigenvalue weighted by Crippen LogP contribution is -2.41. The molecule has 6 heteroatoms. The highest BCUT2D eigenvalue weighted by Crippen LogP contribution is 2.21. The second kappa shape index (κ2) is 7.89. The molecule has 0 atom stereocenters. The molecule has 0 unspecified atom stereocenters. The Kier molecular flexibility index (Phi) is 5.90. The molecular formula is C17H20N2O3S. The van der Waals surface area contributed by atoms with Gasteiger partial charge in [-0.05, 0) is 42.7 Å². The minimum absolute atomic E-state index is 0.304. The van der Waals surface area contributed by atoms with Gasteiger partial charge >= 0.3 is 0 Å². The van der Waals surface area contributed by atoms with Crippen LogP contribution in [-0.2, 0) is 17.8 Å². The molecule has 2 rings (SSSR count). The van der Waals surface area contributed by atoms with Crippen LogP contribution in [-0.4, -0.2) is 18.9 Å². The maximum atomic E-state index is 12.1. The van der Waals surface area contributed by atoms with E-state index in [4.69, 9.17) is 4.74 Å². The van der Waals surface area contributed by atoms with Crippen molar-refractivity contribution in [3.8, 4) is 0 Å². The third kappa shape index (κ3) is 4.40. The summed E-state index contributed by atoms with van der Waals surface area (Å²) in [6, 6.07) is 8.86. The molecule has 2 aromatic rings. The number of carbonyl (C=O) groups is 2.